The third kappa shape index (κ3) is 4.87. The molecule has 3 aromatic rings. The largest absolute Gasteiger partial charge is 0.363 e. The quantitative estimate of drug-likeness (QED) is 0.490. The molecule has 0 saturated heterocycles. The van der Waals surface area contributed by atoms with E-state index in [0.29, 0.717) is 33.8 Å². The molecule has 0 aliphatic rings. The first-order chi connectivity index (χ1) is 15.1. The highest BCUT2D eigenvalue weighted by atomic mass is 19.1. The Bertz CT molecular complexity index is 1190. The molecule has 0 aromatic carbocycles. The average Bonchev–Trinajstić information content (AvgIpc) is 2.81. The number of hydrogen-bond acceptors (Lipinski definition) is 6. The molecule has 0 spiro atoms. The van der Waals surface area contributed by atoms with Crippen molar-refractivity contribution in [2.24, 2.45) is 4.99 Å². The second-order valence-electron chi connectivity index (χ2n) is 6.56. The summed E-state index contributed by atoms with van der Waals surface area (Å²) in [6.07, 6.45) is 10.9. The Morgan fingerprint density at radius 2 is 2.10 bits per heavy atom. The molecule has 0 radical (unpaired) electrons. The zero-order chi connectivity index (χ0) is 22.2. The van der Waals surface area contributed by atoms with Crippen LogP contribution in [0.25, 0.3) is 23.4 Å². The predicted octanol–water partition coefficient (Wildman–Crippen LogP) is 5.56. The second-order valence-corrected chi connectivity index (χ2v) is 6.56. The first-order valence-corrected chi connectivity index (χ1v) is 9.64. The molecular formula is C24H21FN6. The summed E-state index contributed by atoms with van der Waals surface area (Å²) in [5.41, 5.74) is 3.83. The average molecular weight is 412 g/mol. The van der Waals surface area contributed by atoms with Gasteiger partial charge in [-0.05, 0) is 43.0 Å². The van der Waals surface area contributed by atoms with Crippen LogP contribution in [-0.2, 0) is 6.54 Å². The molecule has 1 N–H and O–H groups in total. The fraction of sp³-hybridized carbons (Fsp3) is 0.125. The van der Waals surface area contributed by atoms with E-state index in [1.165, 1.54) is 12.4 Å². The van der Waals surface area contributed by atoms with Gasteiger partial charge in [0.1, 0.15) is 6.07 Å². The second kappa shape index (κ2) is 10.0. The van der Waals surface area contributed by atoms with Gasteiger partial charge >= 0.3 is 0 Å². The van der Waals surface area contributed by atoms with E-state index >= 15 is 4.39 Å². The molecule has 3 heterocycles. The zero-order valence-electron chi connectivity index (χ0n) is 17.1. The number of halogens is 1. The molecule has 0 amide bonds. The van der Waals surface area contributed by atoms with E-state index in [4.69, 9.17) is 0 Å². The normalized spacial score (nSPS) is 10.6. The van der Waals surface area contributed by atoms with Crippen molar-refractivity contribution in [1.29, 1.82) is 5.26 Å². The Balaban J connectivity index is 1.85. The highest BCUT2D eigenvalue weighted by molar-refractivity contribution is 5.72. The van der Waals surface area contributed by atoms with Gasteiger partial charge in [-0.2, -0.15) is 5.26 Å². The summed E-state index contributed by atoms with van der Waals surface area (Å²) in [4.78, 5) is 16.6. The van der Waals surface area contributed by atoms with Crippen molar-refractivity contribution in [3.63, 3.8) is 0 Å². The van der Waals surface area contributed by atoms with Crippen molar-refractivity contribution in [2.45, 2.75) is 19.9 Å². The van der Waals surface area contributed by atoms with Crippen molar-refractivity contribution in [3.05, 3.63) is 77.6 Å². The molecule has 7 heteroatoms. The summed E-state index contributed by atoms with van der Waals surface area (Å²) < 4.78 is 15.1. The Kier molecular flexibility index (Phi) is 6.97. The van der Waals surface area contributed by atoms with Crippen molar-refractivity contribution >= 4 is 30.4 Å². The third-order valence-corrected chi connectivity index (χ3v) is 4.54. The van der Waals surface area contributed by atoms with E-state index in [2.05, 4.69) is 44.6 Å². The zero-order valence-corrected chi connectivity index (χ0v) is 17.1. The van der Waals surface area contributed by atoms with E-state index in [9.17, 15) is 5.26 Å². The Hall–Kier alpha value is -4.18. The molecule has 0 atom stereocenters. The van der Waals surface area contributed by atoms with Gasteiger partial charge in [0.2, 0.25) is 0 Å². The van der Waals surface area contributed by atoms with E-state index in [-0.39, 0.29) is 12.4 Å². The van der Waals surface area contributed by atoms with E-state index < -0.39 is 5.82 Å². The van der Waals surface area contributed by atoms with Gasteiger partial charge in [0, 0.05) is 30.1 Å². The van der Waals surface area contributed by atoms with Crippen LogP contribution in [0.3, 0.4) is 0 Å². The lowest BCUT2D eigenvalue weighted by Gasteiger charge is -2.11. The van der Waals surface area contributed by atoms with Gasteiger partial charge in [0.15, 0.2) is 11.6 Å². The topological polar surface area (TPSA) is 86.9 Å². The molecule has 31 heavy (non-hydrogen) atoms. The first kappa shape index (κ1) is 21.5. The number of hydrogen-bond donors (Lipinski definition) is 1. The minimum Gasteiger partial charge on any atom is -0.363 e. The number of aliphatic imine (C=N–C) groups is 1. The number of pyridine rings is 3. The molecule has 154 valence electrons. The van der Waals surface area contributed by atoms with Crippen LogP contribution < -0.4 is 5.32 Å². The fourth-order valence-electron chi connectivity index (χ4n) is 2.92. The minimum absolute atomic E-state index is 0.0823. The summed E-state index contributed by atoms with van der Waals surface area (Å²) in [5, 5.41) is 12.3. The van der Waals surface area contributed by atoms with Gasteiger partial charge in [-0.3, -0.25) is 15.0 Å². The van der Waals surface area contributed by atoms with Crippen LogP contribution in [0.15, 0.2) is 54.4 Å². The Morgan fingerprint density at radius 1 is 1.26 bits per heavy atom. The lowest BCUT2D eigenvalue weighted by atomic mass is 10.1. The first-order valence-electron chi connectivity index (χ1n) is 9.64. The molecule has 3 rings (SSSR count). The molecule has 0 saturated carbocycles. The molecule has 0 aliphatic heterocycles. The number of anilines is 1. The van der Waals surface area contributed by atoms with Crippen molar-refractivity contribution in [3.8, 4) is 17.3 Å². The van der Waals surface area contributed by atoms with Gasteiger partial charge < -0.3 is 5.32 Å². The molecule has 0 aliphatic carbocycles. The summed E-state index contributed by atoms with van der Waals surface area (Å²) in [6, 6.07) is 7.13. The summed E-state index contributed by atoms with van der Waals surface area (Å²) in [6.45, 7) is 9.52. The molecule has 6 nitrogen and oxygen atoms in total. The highest BCUT2D eigenvalue weighted by Crippen LogP contribution is 2.29. The fourth-order valence-corrected chi connectivity index (χ4v) is 2.92. The maximum absolute atomic E-state index is 15.1. The number of nitrogens with zero attached hydrogens (tertiary/aromatic N) is 5. The molecule has 0 unspecified atom stereocenters. The van der Waals surface area contributed by atoms with Gasteiger partial charge in [-0.15, -0.1) is 0 Å². The van der Waals surface area contributed by atoms with Crippen LogP contribution >= 0.6 is 0 Å². The minimum atomic E-state index is -0.528. The maximum Gasteiger partial charge on any atom is 0.174 e. The Labute approximate surface area is 180 Å². The third-order valence-electron chi connectivity index (χ3n) is 4.54. The number of aromatic nitrogens is 3. The summed E-state index contributed by atoms with van der Waals surface area (Å²) in [7, 11) is 0. The summed E-state index contributed by atoms with van der Waals surface area (Å²) >= 11 is 0. The predicted molar refractivity (Wildman–Crippen MR) is 122 cm³/mol. The monoisotopic (exact) mass is 412 g/mol. The van der Waals surface area contributed by atoms with Gasteiger partial charge in [0.05, 0.1) is 28.8 Å². The number of nitriles is 1. The lowest BCUT2D eigenvalue weighted by Crippen LogP contribution is -2.06. The number of nitrogens with one attached hydrogen (secondary N) is 1. The summed E-state index contributed by atoms with van der Waals surface area (Å²) in [5.74, 6) is -0.445. The van der Waals surface area contributed by atoms with Crippen molar-refractivity contribution in [1.82, 2.24) is 15.0 Å². The lowest BCUT2D eigenvalue weighted by molar-refractivity contribution is 0.627. The van der Waals surface area contributed by atoms with Crippen LogP contribution in [0.4, 0.5) is 15.9 Å². The molecule has 0 fully saturated rings. The smallest absolute Gasteiger partial charge is 0.174 e. The van der Waals surface area contributed by atoms with Crippen LogP contribution in [-0.4, -0.2) is 21.7 Å². The van der Waals surface area contributed by atoms with E-state index in [1.807, 2.05) is 19.1 Å². The number of allylic oxidation sites excluding steroid dienone is 1. The number of rotatable bonds is 8. The van der Waals surface area contributed by atoms with Crippen molar-refractivity contribution < 1.29 is 4.39 Å². The van der Waals surface area contributed by atoms with Crippen LogP contribution in [0.1, 0.15) is 35.7 Å². The van der Waals surface area contributed by atoms with Crippen LogP contribution in [0.5, 0.6) is 0 Å². The molecule has 0 bridgehead atoms. The molecule has 3 aromatic heterocycles. The van der Waals surface area contributed by atoms with E-state index in [0.717, 1.165) is 12.0 Å². The van der Waals surface area contributed by atoms with Gasteiger partial charge in [-0.1, -0.05) is 25.7 Å². The molecular weight excluding hydrogens is 391 g/mol. The van der Waals surface area contributed by atoms with E-state index in [1.54, 1.807) is 30.5 Å². The van der Waals surface area contributed by atoms with Crippen molar-refractivity contribution in [2.75, 3.05) is 5.32 Å². The van der Waals surface area contributed by atoms with Gasteiger partial charge in [-0.25, -0.2) is 9.37 Å². The standard InChI is InChI=1S/C24H21FN6/c1-4-6-7-20-18(12-26)10-16(13-29-20)14-31-24-23(25)19(8-9-28-24)21-11-17(5-2)22(27-3)15-30-21/h5-11,13,15H,2-4,14H2,1H3,(H,28,31)/b7-6+. The highest BCUT2D eigenvalue weighted by Gasteiger charge is 2.14. The van der Waals surface area contributed by atoms with Crippen LogP contribution in [0, 0.1) is 17.1 Å². The van der Waals surface area contributed by atoms with Gasteiger partial charge in [0.25, 0.3) is 0 Å². The SMILES string of the molecule is C=Cc1cc(-c2ccnc(NCc3cnc(/C=C/CC)c(C#N)c3)c2F)ncc1N=C. The Morgan fingerprint density at radius 3 is 2.81 bits per heavy atom. The van der Waals surface area contributed by atoms with Crippen LogP contribution in [0.2, 0.25) is 0 Å². The maximum atomic E-state index is 15.1.